The molecule has 0 aliphatic carbocycles. The van der Waals surface area contributed by atoms with Crippen molar-refractivity contribution in [1.29, 1.82) is 0 Å². The molecular formula is C15H14FNOS2. The molecule has 104 valence electrons. The molecule has 1 N–H and O–H groups in total. The van der Waals surface area contributed by atoms with Crippen LogP contribution >= 0.6 is 22.7 Å². The SMILES string of the molecule is CNC(c1cc2sccc2s1)c1cc(F)ccc1OC. The van der Waals surface area contributed by atoms with E-state index in [0.717, 1.165) is 5.56 Å². The van der Waals surface area contributed by atoms with Gasteiger partial charge < -0.3 is 10.1 Å². The molecule has 0 fully saturated rings. The molecule has 0 saturated heterocycles. The Morgan fingerprint density at radius 2 is 2.05 bits per heavy atom. The van der Waals surface area contributed by atoms with E-state index in [1.165, 1.54) is 26.4 Å². The minimum absolute atomic E-state index is 0.0646. The van der Waals surface area contributed by atoms with Gasteiger partial charge in [0.25, 0.3) is 0 Å². The number of rotatable bonds is 4. The lowest BCUT2D eigenvalue weighted by molar-refractivity contribution is 0.404. The Morgan fingerprint density at radius 1 is 1.20 bits per heavy atom. The van der Waals surface area contributed by atoms with Crippen LogP contribution in [0.3, 0.4) is 0 Å². The van der Waals surface area contributed by atoms with Crippen molar-refractivity contribution >= 4 is 32.1 Å². The predicted octanol–water partition coefficient (Wildman–Crippen LogP) is 4.42. The highest BCUT2D eigenvalue weighted by Gasteiger charge is 2.20. The van der Waals surface area contributed by atoms with Gasteiger partial charge in [0.05, 0.1) is 13.2 Å². The number of fused-ring (bicyclic) bond motifs is 1. The van der Waals surface area contributed by atoms with Gasteiger partial charge in [0, 0.05) is 19.8 Å². The largest absolute Gasteiger partial charge is 0.496 e. The summed E-state index contributed by atoms with van der Waals surface area (Å²) in [5.41, 5.74) is 0.823. The maximum Gasteiger partial charge on any atom is 0.124 e. The van der Waals surface area contributed by atoms with Crippen LogP contribution in [-0.2, 0) is 0 Å². The summed E-state index contributed by atoms with van der Waals surface area (Å²) in [5.74, 6) is 0.446. The first-order chi connectivity index (χ1) is 9.72. The standard InChI is InChI=1S/C15H14FNOS2/c1-17-15(10-7-9(16)3-4-11(10)18-2)14-8-13-12(20-14)5-6-19-13/h3-8,15,17H,1-2H3. The number of nitrogens with one attached hydrogen (secondary N) is 1. The van der Waals surface area contributed by atoms with Gasteiger partial charge in [-0.05, 0) is 42.8 Å². The Kier molecular flexibility index (Phi) is 3.74. The molecule has 2 nitrogen and oxygen atoms in total. The van der Waals surface area contributed by atoms with Gasteiger partial charge in [0.2, 0.25) is 0 Å². The molecule has 0 aliphatic rings. The molecule has 20 heavy (non-hydrogen) atoms. The molecule has 2 heterocycles. The van der Waals surface area contributed by atoms with E-state index >= 15 is 0 Å². The van der Waals surface area contributed by atoms with Crippen LogP contribution in [0.1, 0.15) is 16.5 Å². The van der Waals surface area contributed by atoms with Crippen molar-refractivity contribution in [2.75, 3.05) is 14.2 Å². The molecule has 1 aromatic carbocycles. The summed E-state index contributed by atoms with van der Waals surface area (Å²) in [7, 11) is 3.49. The van der Waals surface area contributed by atoms with Crippen molar-refractivity contribution in [1.82, 2.24) is 5.32 Å². The van der Waals surface area contributed by atoms with Gasteiger partial charge in [-0.1, -0.05) is 0 Å². The van der Waals surface area contributed by atoms with Crippen molar-refractivity contribution in [3.8, 4) is 5.75 Å². The molecule has 5 heteroatoms. The number of hydrogen-bond acceptors (Lipinski definition) is 4. The second-order valence-corrected chi connectivity index (χ2v) is 6.47. The van der Waals surface area contributed by atoms with Gasteiger partial charge in [-0.15, -0.1) is 22.7 Å². The number of ether oxygens (including phenoxy) is 1. The van der Waals surface area contributed by atoms with Crippen LogP contribution in [0.5, 0.6) is 5.75 Å². The van der Waals surface area contributed by atoms with Gasteiger partial charge in [0.1, 0.15) is 11.6 Å². The number of thiophene rings is 2. The number of halogens is 1. The summed E-state index contributed by atoms with van der Waals surface area (Å²) < 4.78 is 21.5. The smallest absolute Gasteiger partial charge is 0.124 e. The normalized spacial score (nSPS) is 12.8. The van der Waals surface area contributed by atoms with Crippen LogP contribution in [0.2, 0.25) is 0 Å². The van der Waals surface area contributed by atoms with E-state index in [2.05, 4.69) is 22.8 Å². The highest BCUT2D eigenvalue weighted by Crippen LogP contribution is 2.38. The minimum Gasteiger partial charge on any atom is -0.496 e. The fourth-order valence-corrected chi connectivity index (χ4v) is 4.56. The predicted molar refractivity (Wildman–Crippen MR) is 83.6 cm³/mol. The molecule has 1 unspecified atom stereocenters. The minimum atomic E-state index is -0.251. The Hall–Kier alpha value is -1.43. The first-order valence-electron chi connectivity index (χ1n) is 6.20. The van der Waals surface area contributed by atoms with Gasteiger partial charge in [-0.2, -0.15) is 0 Å². The summed E-state index contributed by atoms with van der Waals surface area (Å²) in [6, 6.07) is 8.84. The van der Waals surface area contributed by atoms with E-state index in [1.807, 2.05) is 7.05 Å². The molecule has 0 spiro atoms. The molecule has 3 aromatic rings. The lowest BCUT2D eigenvalue weighted by Crippen LogP contribution is -2.17. The number of benzene rings is 1. The van der Waals surface area contributed by atoms with Crippen LogP contribution in [0, 0.1) is 5.82 Å². The van der Waals surface area contributed by atoms with Crippen molar-refractivity contribution in [2.24, 2.45) is 0 Å². The maximum absolute atomic E-state index is 13.6. The number of hydrogen-bond donors (Lipinski definition) is 1. The van der Waals surface area contributed by atoms with Crippen molar-refractivity contribution in [3.63, 3.8) is 0 Å². The quantitative estimate of drug-likeness (QED) is 0.770. The highest BCUT2D eigenvalue weighted by molar-refractivity contribution is 7.27. The maximum atomic E-state index is 13.6. The third kappa shape index (κ3) is 2.32. The van der Waals surface area contributed by atoms with Crippen LogP contribution in [0.25, 0.3) is 9.40 Å². The van der Waals surface area contributed by atoms with E-state index in [-0.39, 0.29) is 11.9 Å². The molecule has 1 atom stereocenters. The molecule has 0 aliphatic heterocycles. The third-order valence-electron chi connectivity index (χ3n) is 3.23. The molecular weight excluding hydrogens is 293 g/mol. The van der Waals surface area contributed by atoms with Gasteiger partial charge in [-0.25, -0.2) is 4.39 Å². The molecule has 0 radical (unpaired) electrons. The summed E-state index contributed by atoms with van der Waals surface area (Å²) in [4.78, 5) is 1.17. The fraction of sp³-hybridized carbons (Fsp3) is 0.200. The van der Waals surface area contributed by atoms with Gasteiger partial charge >= 0.3 is 0 Å². The third-order valence-corrected chi connectivity index (χ3v) is 5.39. The fourth-order valence-electron chi connectivity index (χ4n) is 2.31. The Labute approximate surface area is 124 Å². The van der Waals surface area contributed by atoms with E-state index in [9.17, 15) is 4.39 Å². The average Bonchev–Trinajstić information content (AvgIpc) is 3.01. The molecule has 2 aromatic heterocycles. The van der Waals surface area contributed by atoms with E-state index in [1.54, 1.807) is 35.8 Å². The first-order valence-corrected chi connectivity index (χ1v) is 7.90. The number of methoxy groups -OCH3 is 1. The average molecular weight is 307 g/mol. The van der Waals surface area contributed by atoms with Crippen LogP contribution in [0.15, 0.2) is 35.7 Å². The second-order valence-electron chi connectivity index (χ2n) is 4.41. The Balaban J connectivity index is 2.09. The van der Waals surface area contributed by atoms with Crippen molar-refractivity contribution < 1.29 is 9.13 Å². The zero-order valence-corrected chi connectivity index (χ0v) is 12.8. The van der Waals surface area contributed by atoms with Crippen LogP contribution < -0.4 is 10.1 Å². The topological polar surface area (TPSA) is 21.3 Å². The molecule has 0 bridgehead atoms. The Morgan fingerprint density at radius 3 is 2.75 bits per heavy atom. The van der Waals surface area contributed by atoms with Crippen LogP contribution in [-0.4, -0.2) is 14.2 Å². The molecule has 0 saturated carbocycles. The monoisotopic (exact) mass is 307 g/mol. The second kappa shape index (κ2) is 5.52. The lowest BCUT2D eigenvalue weighted by Gasteiger charge is -2.18. The Bertz CT molecular complexity index is 706. The molecule has 0 amide bonds. The van der Waals surface area contributed by atoms with Gasteiger partial charge in [0.15, 0.2) is 0 Å². The zero-order chi connectivity index (χ0) is 14.1. The molecule has 3 rings (SSSR count). The van der Waals surface area contributed by atoms with E-state index in [0.29, 0.717) is 5.75 Å². The summed E-state index contributed by atoms with van der Waals surface area (Å²) in [5, 5.41) is 5.34. The highest BCUT2D eigenvalue weighted by atomic mass is 32.1. The van der Waals surface area contributed by atoms with Crippen molar-refractivity contribution in [2.45, 2.75) is 6.04 Å². The summed E-state index contributed by atoms with van der Waals surface area (Å²) in [6.07, 6.45) is 0. The summed E-state index contributed by atoms with van der Waals surface area (Å²) in [6.45, 7) is 0. The zero-order valence-electron chi connectivity index (χ0n) is 11.1. The van der Waals surface area contributed by atoms with Crippen LogP contribution in [0.4, 0.5) is 4.39 Å². The van der Waals surface area contributed by atoms with E-state index < -0.39 is 0 Å². The lowest BCUT2D eigenvalue weighted by atomic mass is 10.0. The first kappa shape index (κ1) is 13.5. The van der Waals surface area contributed by atoms with Crippen molar-refractivity contribution in [3.05, 3.63) is 52.0 Å². The van der Waals surface area contributed by atoms with Gasteiger partial charge in [-0.3, -0.25) is 0 Å². The van der Waals surface area contributed by atoms with E-state index in [4.69, 9.17) is 4.74 Å². The summed E-state index contributed by atoms with van der Waals surface area (Å²) >= 11 is 3.45.